The van der Waals surface area contributed by atoms with E-state index in [4.69, 9.17) is 28.5 Å². The van der Waals surface area contributed by atoms with Gasteiger partial charge in [0.1, 0.15) is 0 Å². The van der Waals surface area contributed by atoms with E-state index in [1.165, 1.54) is 5.56 Å². The molecule has 0 bridgehead atoms. The first-order valence-electron chi connectivity index (χ1n) is 6.87. The summed E-state index contributed by atoms with van der Waals surface area (Å²) < 4.78 is 0. The van der Waals surface area contributed by atoms with Crippen LogP contribution in [0.1, 0.15) is 29.9 Å². The van der Waals surface area contributed by atoms with Crippen molar-refractivity contribution in [1.82, 2.24) is 0 Å². The lowest BCUT2D eigenvalue weighted by Crippen LogP contribution is -2.34. The van der Waals surface area contributed by atoms with E-state index >= 15 is 0 Å². The Morgan fingerprint density at radius 2 is 1.90 bits per heavy atom. The first kappa shape index (κ1) is 14.3. The lowest BCUT2D eigenvalue weighted by atomic mass is 9.76. The summed E-state index contributed by atoms with van der Waals surface area (Å²) in [5.41, 5.74) is 2.77. The van der Waals surface area contributed by atoms with Gasteiger partial charge < -0.3 is 5.32 Å². The highest BCUT2D eigenvalue weighted by atomic mass is 35.5. The second kappa shape index (κ2) is 5.97. The highest BCUT2D eigenvalue weighted by Crippen LogP contribution is 2.40. The summed E-state index contributed by atoms with van der Waals surface area (Å²) in [7, 11) is 0. The van der Waals surface area contributed by atoms with E-state index in [2.05, 4.69) is 17.5 Å². The Balaban J connectivity index is 1.61. The van der Waals surface area contributed by atoms with E-state index in [0.717, 1.165) is 23.6 Å². The minimum Gasteiger partial charge on any atom is -0.381 e. The molecule has 4 heteroatoms. The van der Waals surface area contributed by atoms with Gasteiger partial charge in [0.2, 0.25) is 0 Å². The lowest BCUT2D eigenvalue weighted by molar-refractivity contribution is 0.374. The number of nitriles is 1. The molecule has 0 amide bonds. The van der Waals surface area contributed by atoms with E-state index < -0.39 is 0 Å². The fourth-order valence-electron chi connectivity index (χ4n) is 2.69. The molecular weight excluding hydrogens is 303 g/mol. The van der Waals surface area contributed by atoms with Crippen molar-refractivity contribution in [3.8, 4) is 6.07 Å². The van der Waals surface area contributed by atoms with Crippen molar-refractivity contribution in [2.75, 3.05) is 5.32 Å². The topological polar surface area (TPSA) is 35.8 Å². The molecule has 0 atom stereocenters. The van der Waals surface area contributed by atoms with E-state index in [1.807, 2.05) is 24.3 Å². The maximum atomic E-state index is 8.84. The zero-order valence-corrected chi connectivity index (χ0v) is 12.8. The van der Waals surface area contributed by atoms with Gasteiger partial charge in [-0.25, -0.2) is 0 Å². The summed E-state index contributed by atoms with van der Waals surface area (Å²) >= 11 is 12.2. The van der Waals surface area contributed by atoms with Crippen LogP contribution in [-0.4, -0.2) is 6.04 Å². The van der Waals surface area contributed by atoms with Crippen LogP contribution in [0.15, 0.2) is 42.5 Å². The van der Waals surface area contributed by atoms with Gasteiger partial charge in [-0.15, -0.1) is 0 Å². The van der Waals surface area contributed by atoms with Gasteiger partial charge in [0, 0.05) is 11.1 Å². The maximum absolute atomic E-state index is 8.84. The van der Waals surface area contributed by atoms with Gasteiger partial charge in [-0.05, 0) is 54.7 Å². The first-order valence-corrected chi connectivity index (χ1v) is 7.63. The monoisotopic (exact) mass is 316 g/mol. The Kier molecular flexibility index (Phi) is 4.05. The van der Waals surface area contributed by atoms with Crippen LogP contribution in [0.25, 0.3) is 0 Å². The molecule has 1 fully saturated rings. The van der Waals surface area contributed by atoms with E-state index in [-0.39, 0.29) is 0 Å². The van der Waals surface area contributed by atoms with Crippen molar-refractivity contribution < 1.29 is 0 Å². The minimum absolute atomic E-state index is 0.416. The van der Waals surface area contributed by atoms with Crippen molar-refractivity contribution in [3.05, 3.63) is 63.6 Å². The van der Waals surface area contributed by atoms with Crippen molar-refractivity contribution >= 4 is 28.9 Å². The maximum Gasteiger partial charge on any atom is 0.0992 e. The van der Waals surface area contributed by atoms with Crippen LogP contribution in [0.2, 0.25) is 10.0 Å². The largest absolute Gasteiger partial charge is 0.381 e. The van der Waals surface area contributed by atoms with Gasteiger partial charge in [0.25, 0.3) is 0 Å². The van der Waals surface area contributed by atoms with Gasteiger partial charge in [0.15, 0.2) is 0 Å². The Bertz CT molecular complexity index is 700. The number of rotatable bonds is 3. The summed E-state index contributed by atoms with van der Waals surface area (Å²) in [6.45, 7) is 0. The van der Waals surface area contributed by atoms with Crippen molar-refractivity contribution in [3.63, 3.8) is 0 Å². The Labute approximate surface area is 134 Å². The molecule has 0 aromatic heterocycles. The van der Waals surface area contributed by atoms with Crippen molar-refractivity contribution in [1.29, 1.82) is 5.26 Å². The highest BCUT2D eigenvalue weighted by Gasteiger charge is 2.30. The zero-order valence-electron chi connectivity index (χ0n) is 11.3. The van der Waals surface area contributed by atoms with Crippen LogP contribution in [0, 0.1) is 11.3 Å². The molecule has 3 rings (SSSR count). The summed E-state index contributed by atoms with van der Waals surface area (Å²) in [4.78, 5) is 0. The molecule has 0 spiro atoms. The van der Waals surface area contributed by atoms with Crippen LogP contribution in [0.5, 0.6) is 0 Å². The molecular formula is C17H14Cl2N2. The summed E-state index contributed by atoms with van der Waals surface area (Å²) in [6.07, 6.45) is 2.13. The molecule has 106 valence electrons. The number of nitrogens with one attached hydrogen (secondary N) is 1. The van der Waals surface area contributed by atoms with E-state index in [0.29, 0.717) is 22.5 Å². The molecule has 2 aromatic rings. The molecule has 1 saturated carbocycles. The summed E-state index contributed by atoms with van der Waals surface area (Å²) in [5.74, 6) is 0.554. The molecule has 0 heterocycles. The fraction of sp³-hybridized carbons (Fsp3) is 0.235. The number of anilines is 1. The molecule has 0 saturated heterocycles. The van der Waals surface area contributed by atoms with Gasteiger partial charge in [-0.1, -0.05) is 35.3 Å². The zero-order chi connectivity index (χ0) is 14.8. The number of halogens is 2. The molecule has 0 unspecified atom stereocenters. The molecule has 21 heavy (non-hydrogen) atoms. The standard InChI is InChI=1S/C17H14Cl2N2/c18-14-3-1-2-12(7-14)13-8-15(9-13)21-17-5-4-11(10-20)6-16(17)19/h1-7,13,15,21H,8-9H2. The Morgan fingerprint density at radius 1 is 1.10 bits per heavy atom. The van der Waals surface area contributed by atoms with Crippen LogP contribution < -0.4 is 5.32 Å². The second-order valence-corrected chi connectivity index (χ2v) is 6.21. The van der Waals surface area contributed by atoms with Crippen molar-refractivity contribution in [2.24, 2.45) is 0 Å². The van der Waals surface area contributed by atoms with Gasteiger partial charge in [-0.3, -0.25) is 0 Å². The predicted octanol–water partition coefficient (Wildman–Crippen LogP) is 5.22. The van der Waals surface area contributed by atoms with Crippen LogP contribution in [0.4, 0.5) is 5.69 Å². The average molecular weight is 317 g/mol. The number of hydrogen-bond acceptors (Lipinski definition) is 2. The van der Waals surface area contributed by atoms with E-state index in [1.54, 1.807) is 12.1 Å². The second-order valence-electron chi connectivity index (χ2n) is 5.37. The minimum atomic E-state index is 0.416. The molecule has 1 aliphatic carbocycles. The predicted molar refractivity (Wildman–Crippen MR) is 87.0 cm³/mol. The molecule has 1 aliphatic rings. The Hall–Kier alpha value is -1.69. The number of nitrogens with zero attached hydrogens (tertiary/aromatic N) is 1. The Morgan fingerprint density at radius 3 is 2.57 bits per heavy atom. The fourth-order valence-corrected chi connectivity index (χ4v) is 3.12. The lowest BCUT2D eigenvalue weighted by Gasteiger charge is -2.37. The summed E-state index contributed by atoms with van der Waals surface area (Å²) in [5, 5.41) is 13.7. The van der Waals surface area contributed by atoms with Crippen LogP contribution in [-0.2, 0) is 0 Å². The van der Waals surface area contributed by atoms with E-state index in [9.17, 15) is 0 Å². The van der Waals surface area contributed by atoms with Gasteiger partial charge >= 0.3 is 0 Å². The normalized spacial score (nSPS) is 20.4. The number of benzene rings is 2. The quantitative estimate of drug-likeness (QED) is 0.842. The third-order valence-electron chi connectivity index (χ3n) is 3.92. The average Bonchev–Trinajstić information content (AvgIpc) is 2.43. The molecule has 1 N–H and O–H groups in total. The SMILES string of the molecule is N#Cc1ccc(NC2CC(c3cccc(Cl)c3)C2)c(Cl)c1. The first-order chi connectivity index (χ1) is 10.2. The van der Waals surface area contributed by atoms with Gasteiger partial charge in [-0.2, -0.15) is 5.26 Å². The van der Waals surface area contributed by atoms with Gasteiger partial charge in [0.05, 0.1) is 22.3 Å². The smallest absolute Gasteiger partial charge is 0.0992 e. The number of hydrogen-bond donors (Lipinski definition) is 1. The third-order valence-corrected chi connectivity index (χ3v) is 4.46. The van der Waals surface area contributed by atoms with Crippen LogP contribution in [0.3, 0.4) is 0 Å². The molecule has 2 nitrogen and oxygen atoms in total. The molecule has 2 aromatic carbocycles. The van der Waals surface area contributed by atoms with Crippen LogP contribution >= 0.6 is 23.2 Å². The third kappa shape index (κ3) is 3.15. The summed E-state index contributed by atoms with van der Waals surface area (Å²) in [6, 6.07) is 15.9. The van der Waals surface area contributed by atoms with Crippen molar-refractivity contribution in [2.45, 2.75) is 24.8 Å². The highest BCUT2D eigenvalue weighted by molar-refractivity contribution is 6.33. The molecule has 0 aliphatic heterocycles. The molecule has 0 radical (unpaired) electrons.